The summed E-state index contributed by atoms with van der Waals surface area (Å²) < 4.78 is 25.7. The largest absolute Gasteiger partial charge is 0.497 e. The molecule has 7 nitrogen and oxygen atoms in total. The first-order valence-electron chi connectivity index (χ1n) is 9.40. The molecule has 4 aromatic rings. The summed E-state index contributed by atoms with van der Waals surface area (Å²) in [6.07, 6.45) is 1.61. The number of amides is 1. The second kappa shape index (κ2) is 9.48. The van der Waals surface area contributed by atoms with Crippen LogP contribution in [0.3, 0.4) is 0 Å². The van der Waals surface area contributed by atoms with E-state index in [2.05, 4.69) is 15.5 Å². The first kappa shape index (κ1) is 20.7. The highest BCUT2D eigenvalue weighted by atomic mass is 32.2. The molecule has 0 aliphatic carbocycles. The molecule has 0 bridgehead atoms. The molecule has 0 spiro atoms. The molecule has 0 aliphatic heterocycles. The van der Waals surface area contributed by atoms with Crippen molar-refractivity contribution in [3.8, 4) is 17.1 Å². The lowest BCUT2D eigenvalue weighted by Gasteiger charge is -2.10. The number of methoxy groups -OCH3 is 1. The second-order valence-corrected chi connectivity index (χ2v) is 7.49. The van der Waals surface area contributed by atoms with Gasteiger partial charge in [-0.3, -0.25) is 9.36 Å². The third-order valence-corrected chi connectivity index (χ3v) is 5.37. The standard InChI is InChI=1S/C22H19FN4O3S/c1-29-18-5-2-4-15(12-18)21-25-26-22(27(21)13-19-6-3-11-30-19)31-14-20(28)24-17-9-7-16(23)8-10-17/h2-12H,13-14H2,1H3,(H,24,28). The maximum Gasteiger partial charge on any atom is 0.234 e. The average Bonchev–Trinajstić information content (AvgIpc) is 3.44. The number of hydrogen-bond acceptors (Lipinski definition) is 6. The predicted molar refractivity (Wildman–Crippen MR) is 116 cm³/mol. The van der Waals surface area contributed by atoms with E-state index in [0.29, 0.717) is 29.0 Å². The van der Waals surface area contributed by atoms with Crippen molar-refractivity contribution in [1.82, 2.24) is 14.8 Å². The summed E-state index contributed by atoms with van der Waals surface area (Å²) in [5.41, 5.74) is 1.36. The zero-order valence-electron chi connectivity index (χ0n) is 16.6. The molecule has 0 fully saturated rings. The van der Waals surface area contributed by atoms with Gasteiger partial charge in [-0.05, 0) is 48.5 Å². The van der Waals surface area contributed by atoms with Gasteiger partial charge in [-0.25, -0.2) is 4.39 Å². The number of nitrogens with zero attached hydrogens (tertiary/aromatic N) is 3. The van der Waals surface area contributed by atoms with Crippen molar-refractivity contribution in [3.63, 3.8) is 0 Å². The average molecular weight is 438 g/mol. The van der Waals surface area contributed by atoms with Gasteiger partial charge in [0, 0.05) is 11.3 Å². The number of hydrogen-bond donors (Lipinski definition) is 1. The molecule has 1 N–H and O–H groups in total. The first-order valence-corrected chi connectivity index (χ1v) is 10.4. The fourth-order valence-corrected chi connectivity index (χ4v) is 3.67. The van der Waals surface area contributed by atoms with Gasteiger partial charge in [0.05, 0.1) is 25.7 Å². The number of carbonyl (C=O) groups excluding carboxylic acids is 1. The van der Waals surface area contributed by atoms with E-state index >= 15 is 0 Å². The summed E-state index contributed by atoms with van der Waals surface area (Å²) in [6, 6.07) is 16.8. The molecule has 31 heavy (non-hydrogen) atoms. The van der Waals surface area contributed by atoms with Gasteiger partial charge >= 0.3 is 0 Å². The number of anilines is 1. The highest BCUT2D eigenvalue weighted by Gasteiger charge is 2.17. The Morgan fingerprint density at radius 2 is 2.00 bits per heavy atom. The summed E-state index contributed by atoms with van der Waals surface area (Å²) in [7, 11) is 1.60. The molecule has 2 aromatic heterocycles. The molecule has 0 saturated carbocycles. The van der Waals surface area contributed by atoms with Gasteiger partial charge in [0.2, 0.25) is 5.91 Å². The van der Waals surface area contributed by atoms with E-state index in [-0.39, 0.29) is 17.5 Å². The monoisotopic (exact) mass is 438 g/mol. The van der Waals surface area contributed by atoms with Gasteiger partial charge in [-0.1, -0.05) is 23.9 Å². The Balaban J connectivity index is 1.54. The molecule has 0 unspecified atom stereocenters. The molecule has 1 amide bonds. The molecule has 0 saturated heterocycles. The number of halogens is 1. The lowest BCUT2D eigenvalue weighted by molar-refractivity contribution is -0.113. The molecular formula is C22H19FN4O3S. The van der Waals surface area contributed by atoms with Crippen LogP contribution in [0.2, 0.25) is 0 Å². The predicted octanol–water partition coefficient (Wildman–Crippen LogP) is 4.46. The Bertz CT molecular complexity index is 1160. The summed E-state index contributed by atoms with van der Waals surface area (Å²) in [6.45, 7) is 0.411. The van der Waals surface area contributed by atoms with Crippen molar-refractivity contribution in [2.45, 2.75) is 11.7 Å². The number of rotatable bonds is 8. The third-order valence-electron chi connectivity index (χ3n) is 4.40. The van der Waals surface area contributed by atoms with Crippen molar-refractivity contribution in [1.29, 1.82) is 0 Å². The molecular weight excluding hydrogens is 419 g/mol. The number of benzene rings is 2. The van der Waals surface area contributed by atoms with Crippen molar-refractivity contribution in [2.24, 2.45) is 0 Å². The van der Waals surface area contributed by atoms with Crippen molar-refractivity contribution in [3.05, 3.63) is 78.5 Å². The fraction of sp³-hybridized carbons (Fsp3) is 0.136. The van der Waals surface area contributed by atoms with Crippen LogP contribution in [0.1, 0.15) is 5.76 Å². The fourth-order valence-electron chi connectivity index (χ4n) is 2.93. The summed E-state index contributed by atoms with van der Waals surface area (Å²) in [4.78, 5) is 12.3. The molecule has 158 valence electrons. The lowest BCUT2D eigenvalue weighted by Crippen LogP contribution is -2.14. The minimum Gasteiger partial charge on any atom is -0.497 e. The highest BCUT2D eigenvalue weighted by Crippen LogP contribution is 2.27. The van der Waals surface area contributed by atoms with E-state index < -0.39 is 0 Å². The number of nitrogens with one attached hydrogen (secondary N) is 1. The maximum atomic E-state index is 13.0. The Morgan fingerprint density at radius 3 is 2.74 bits per heavy atom. The Kier molecular flexibility index (Phi) is 6.32. The molecule has 4 rings (SSSR count). The van der Waals surface area contributed by atoms with Crippen LogP contribution in [-0.2, 0) is 11.3 Å². The van der Waals surface area contributed by atoms with E-state index in [1.54, 1.807) is 13.4 Å². The van der Waals surface area contributed by atoms with Crippen molar-refractivity contribution in [2.75, 3.05) is 18.2 Å². The van der Waals surface area contributed by atoms with Gasteiger partial charge in [-0.15, -0.1) is 10.2 Å². The van der Waals surface area contributed by atoms with E-state index in [1.165, 1.54) is 36.0 Å². The molecule has 0 atom stereocenters. The number of ether oxygens (including phenoxy) is 1. The van der Waals surface area contributed by atoms with Crippen LogP contribution in [-0.4, -0.2) is 33.5 Å². The van der Waals surface area contributed by atoms with E-state index in [9.17, 15) is 9.18 Å². The number of thioether (sulfide) groups is 1. The molecule has 9 heteroatoms. The van der Waals surface area contributed by atoms with Crippen molar-refractivity contribution >= 4 is 23.4 Å². The van der Waals surface area contributed by atoms with Crippen LogP contribution in [0, 0.1) is 5.82 Å². The first-order chi connectivity index (χ1) is 15.1. The molecule has 0 aliphatic rings. The Hall–Kier alpha value is -3.59. The Labute approximate surface area is 182 Å². The van der Waals surface area contributed by atoms with E-state index in [0.717, 1.165) is 11.3 Å². The van der Waals surface area contributed by atoms with Crippen molar-refractivity contribution < 1.29 is 18.3 Å². The van der Waals surface area contributed by atoms with E-state index in [1.807, 2.05) is 41.0 Å². The number of furan rings is 1. The second-order valence-electron chi connectivity index (χ2n) is 6.55. The third kappa shape index (κ3) is 5.13. The van der Waals surface area contributed by atoms with Crippen LogP contribution in [0.4, 0.5) is 10.1 Å². The number of aromatic nitrogens is 3. The van der Waals surface area contributed by atoms with Crippen LogP contribution in [0.5, 0.6) is 5.75 Å². The topological polar surface area (TPSA) is 82.2 Å². The van der Waals surface area contributed by atoms with Gasteiger partial charge < -0.3 is 14.5 Å². The van der Waals surface area contributed by atoms with Crippen LogP contribution in [0.25, 0.3) is 11.4 Å². The zero-order valence-corrected chi connectivity index (χ0v) is 17.4. The molecule has 0 radical (unpaired) electrons. The quantitative estimate of drug-likeness (QED) is 0.409. The smallest absolute Gasteiger partial charge is 0.234 e. The zero-order chi connectivity index (χ0) is 21.6. The summed E-state index contributed by atoms with van der Waals surface area (Å²) in [5.74, 6) is 1.61. The lowest BCUT2D eigenvalue weighted by atomic mass is 10.2. The van der Waals surface area contributed by atoms with Crippen LogP contribution < -0.4 is 10.1 Å². The van der Waals surface area contributed by atoms with Gasteiger partial charge in [0.25, 0.3) is 0 Å². The minimum atomic E-state index is -0.358. The Morgan fingerprint density at radius 1 is 1.16 bits per heavy atom. The van der Waals surface area contributed by atoms with Crippen LogP contribution in [0.15, 0.2) is 76.5 Å². The minimum absolute atomic E-state index is 0.117. The SMILES string of the molecule is COc1cccc(-c2nnc(SCC(=O)Nc3ccc(F)cc3)n2Cc2ccco2)c1. The normalized spacial score (nSPS) is 10.8. The van der Waals surface area contributed by atoms with Crippen LogP contribution >= 0.6 is 11.8 Å². The highest BCUT2D eigenvalue weighted by molar-refractivity contribution is 7.99. The maximum absolute atomic E-state index is 13.0. The molecule has 2 aromatic carbocycles. The molecule has 2 heterocycles. The van der Waals surface area contributed by atoms with Gasteiger partial charge in [0.15, 0.2) is 11.0 Å². The summed E-state index contributed by atoms with van der Waals surface area (Å²) in [5, 5.41) is 11.9. The van der Waals surface area contributed by atoms with E-state index in [4.69, 9.17) is 9.15 Å². The van der Waals surface area contributed by atoms with Gasteiger partial charge in [-0.2, -0.15) is 0 Å². The summed E-state index contributed by atoms with van der Waals surface area (Å²) >= 11 is 1.26. The number of carbonyl (C=O) groups is 1. The van der Waals surface area contributed by atoms with Gasteiger partial charge in [0.1, 0.15) is 17.3 Å².